The molecule has 39 heavy (non-hydrogen) atoms. The number of aromatic hydroxyl groups is 1. The predicted molar refractivity (Wildman–Crippen MR) is 151 cm³/mol. The highest BCUT2D eigenvalue weighted by atomic mass is 32.1. The molecule has 2 aromatic carbocycles. The van der Waals surface area contributed by atoms with E-state index in [9.17, 15) is 14.7 Å². The van der Waals surface area contributed by atoms with Gasteiger partial charge in [-0.2, -0.15) is 0 Å². The van der Waals surface area contributed by atoms with Crippen LogP contribution in [0.5, 0.6) is 17.2 Å². The first-order chi connectivity index (χ1) is 18.7. The zero-order valence-corrected chi connectivity index (χ0v) is 23.5. The number of rotatable bonds is 9. The van der Waals surface area contributed by atoms with Crippen molar-refractivity contribution in [1.29, 1.82) is 0 Å². The maximum atomic E-state index is 14.0. The summed E-state index contributed by atoms with van der Waals surface area (Å²) in [4.78, 5) is 32.3. The Hall–Kier alpha value is -4.11. The van der Waals surface area contributed by atoms with Crippen molar-refractivity contribution < 1.29 is 24.1 Å². The van der Waals surface area contributed by atoms with Crippen molar-refractivity contribution >= 4 is 23.4 Å². The monoisotopic (exact) mass is 548 g/mol. The molecule has 3 aromatic rings. The summed E-state index contributed by atoms with van der Waals surface area (Å²) >= 11 is 1.22. The second-order valence-electron chi connectivity index (χ2n) is 9.23. The van der Waals surface area contributed by atoms with E-state index >= 15 is 0 Å². The Kier molecular flexibility index (Phi) is 8.40. The standard InChI is InChI=1S/C30H32N2O6S/c1-7-11-20-14-19(15-23(36-6)27(20)33)16-24-28(34)32-26(21-12-9-10-13-22(21)38-17(3)4)25(29(35)37-8-2)18(5)31-30(32)39-24/h7,9-10,12-17,26,33H,1,8,11H2,2-6H3/b24-16+/t26-/m1/s1. The molecule has 0 amide bonds. The van der Waals surface area contributed by atoms with Crippen LogP contribution in [0.1, 0.15) is 50.4 Å². The highest BCUT2D eigenvalue weighted by Crippen LogP contribution is 2.36. The second kappa shape index (κ2) is 11.7. The predicted octanol–water partition coefficient (Wildman–Crippen LogP) is 4.03. The molecule has 1 aliphatic rings. The van der Waals surface area contributed by atoms with Crippen LogP contribution in [0.3, 0.4) is 0 Å². The largest absolute Gasteiger partial charge is 0.504 e. The van der Waals surface area contributed by atoms with Gasteiger partial charge in [0.2, 0.25) is 0 Å². The van der Waals surface area contributed by atoms with Crippen LogP contribution in [0.25, 0.3) is 6.08 Å². The third-order valence-corrected chi connectivity index (χ3v) is 7.13. The van der Waals surface area contributed by atoms with Gasteiger partial charge in [-0.05, 0) is 64.0 Å². The van der Waals surface area contributed by atoms with Gasteiger partial charge in [0.15, 0.2) is 16.3 Å². The molecule has 1 atom stereocenters. The molecule has 2 heterocycles. The highest BCUT2D eigenvalue weighted by molar-refractivity contribution is 7.07. The number of ether oxygens (including phenoxy) is 3. The normalized spacial score (nSPS) is 15.1. The Morgan fingerprint density at radius 2 is 2.00 bits per heavy atom. The molecule has 1 aromatic heterocycles. The summed E-state index contributed by atoms with van der Waals surface area (Å²) in [5.41, 5.74) is 2.42. The number of allylic oxidation sites excluding steroid dienone is 2. The Bertz CT molecular complexity index is 1630. The van der Waals surface area contributed by atoms with Gasteiger partial charge < -0.3 is 19.3 Å². The number of para-hydroxylation sites is 1. The second-order valence-corrected chi connectivity index (χ2v) is 10.2. The summed E-state index contributed by atoms with van der Waals surface area (Å²) in [5, 5.41) is 10.5. The molecule has 0 unspecified atom stereocenters. The summed E-state index contributed by atoms with van der Waals surface area (Å²) < 4.78 is 18.8. The number of benzene rings is 2. The van der Waals surface area contributed by atoms with Gasteiger partial charge in [0, 0.05) is 11.1 Å². The Morgan fingerprint density at radius 1 is 1.26 bits per heavy atom. The van der Waals surface area contributed by atoms with Gasteiger partial charge in [-0.25, -0.2) is 9.79 Å². The highest BCUT2D eigenvalue weighted by Gasteiger charge is 2.35. The minimum absolute atomic E-state index is 0.0347. The lowest BCUT2D eigenvalue weighted by molar-refractivity contribution is -0.139. The minimum Gasteiger partial charge on any atom is -0.504 e. The molecule has 0 aliphatic carbocycles. The fraction of sp³-hybridized carbons (Fsp3) is 0.300. The third kappa shape index (κ3) is 5.54. The maximum Gasteiger partial charge on any atom is 0.338 e. The number of phenolic OH excluding ortho intramolecular Hbond substituents is 1. The van der Waals surface area contributed by atoms with Gasteiger partial charge in [-0.1, -0.05) is 35.6 Å². The van der Waals surface area contributed by atoms with Crippen LogP contribution < -0.4 is 24.4 Å². The summed E-state index contributed by atoms with van der Waals surface area (Å²) in [6.07, 6.45) is 3.73. The minimum atomic E-state index is -0.789. The van der Waals surface area contributed by atoms with E-state index in [4.69, 9.17) is 14.2 Å². The van der Waals surface area contributed by atoms with Crippen LogP contribution in [-0.2, 0) is 16.0 Å². The number of carbonyl (C=O) groups excluding carboxylic acids is 1. The van der Waals surface area contributed by atoms with Crippen molar-refractivity contribution in [3.8, 4) is 17.2 Å². The fourth-order valence-electron chi connectivity index (χ4n) is 4.54. The Morgan fingerprint density at radius 3 is 2.67 bits per heavy atom. The Balaban J connectivity index is 1.98. The van der Waals surface area contributed by atoms with Gasteiger partial charge in [0.05, 0.1) is 35.6 Å². The first-order valence-electron chi connectivity index (χ1n) is 12.7. The van der Waals surface area contributed by atoms with Crippen LogP contribution >= 0.6 is 11.3 Å². The molecule has 4 rings (SSSR count). The van der Waals surface area contributed by atoms with E-state index in [-0.39, 0.29) is 29.6 Å². The molecule has 0 bridgehead atoms. The van der Waals surface area contributed by atoms with Crippen molar-refractivity contribution in [2.75, 3.05) is 13.7 Å². The zero-order chi connectivity index (χ0) is 28.3. The molecule has 9 heteroatoms. The number of hydrogen-bond donors (Lipinski definition) is 1. The number of carbonyl (C=O) groups is 1. The number of nitrogens with zero attached hydrogens (tertiary/aromatic N) is 2. The number of esters is 1. The van der Waals surface area contributed by atoms with Crippen molar-refractivity contribution in [3.63, 3.8) is 0 Å². The average molecular weight is 549 g/mol. The zero-order valence-electron chi connectivity index (χ0n) is 22.7. The number of methoxy groups -OCH3 is 1. The van der Waals surface area contributed by atoms with Crippen LogP contribution in [0.2, 0.25) is 0 Å². The van der Waals surface area contributed by atoms with Gasteiger partial charge in [-0.15, -0.1) is 6.58 Å². The molecule has 0 saturated heterocycles. The van der Waals surface area contributed by atoms with E-state index in [0.29, 0.717) is 49.6 Å². The van der Waals surface area contributed by atoms with E-state index in [1.807, 2.05) is 38.1 Å². The van der Waals surface area contributed by atoms with Crippen molar-refractivity contribution in [2.24, 2.45) is 4.99 Å². The Labute approximate surface area is 230 Å². The first-order valence-corrected chi connectivity index (χ1v) is 13.5. The van der Waals surface area contributed by atoms with Crippen LogP contribution in [0.15, 0.2) is 70.1 Å². The summed E-state index contributed by atoms with van der Waals surface area (Å²) in [6.45, 7) is 11.3. The van der Waals surface area contributed by atoms with E-state index in [2.05, 4.69) is 11.6 Å². The van der Waals surface area contributed by atoms with Crippen molar-refractivity contribution in [2.45, 2.75) is 46.3 Å². The topological polar surface area (TPSA) is 99.4 Å². The third-order valence-electron chi connectivity index (χ3n) is 6.15. The quantitative estimate of drug-likeness (QED) is 0.320. The average Bonchev–Trinajstić information content (AvgIpc) is 3.19. The summed E-state index contributed by atoms with van der Waals surface area (Å²) in [6, 6.07) is 10.0. The van der Waals surface area contributed by atoms with E-state index in [1.54, 1.807) is 38.1 Å². The molecule has 204 valence electrons. The molecule has 1 aliphatic heterocycles. The number of thiazole rings is 1. The summed E-state index contributed by atoms with van der Waals surface area (Å²) in [5.74, 6) is 0.370. The molecule has 1 N–H and O–H groups in total. The van der Waals surface area contributed by atoms with Crippen molar-refractivity contribution in [3.05, 3.63) is 96.7 Å². The van der Waals surface area contributed by atoms with E-state index < -0.39 is 12.0 Å². The van der Waals surface area contributed by atoms with Crippen LogP contribution in [-0.4, -0.2) is 35.5 Å². The van der Waals surface area contributed by atoms with Crippen LogP contribution in [0, 0.1) is 0 Å². The number of aromatic nitrogens is 1. The van der Waals surface area contributed by atoms with Crippen molar-refractivity contribution in [1.82, 2.24) is 4.57 Å². The number of phenols is 1. The molecule has 8 nitrogen and oxygen atoms in total. The van der Waals surface area contributed by atoms with Gasteiger partial charge >= 0.3 is 5.97 Å². The molecular formula is C30H32N2O6S. The number of hydrogen-bond acceptors (Lipinski definition) is 8. The smallest absolute Gasteiger partial charge is 0.338 e. The first kappa shape index (κ1) is 27.9. The van der Waals surface area contributed by atoms with E-state index in [0.717, 1.165) is 0 Å². The lowest BCUT2D eigenvalue weighted by Crippen LogP contribution is -2.40. The van der Waals surface area contributed by atoms with Crippen LogP contribution in [0.4, 0.5) is 0 Å². The lowest BCUT2D eigenvalue weighted by Gasteiger charge is -2.26. The lowest BCUT2D eigenvalue weighted by atomic mass is 9.95. The SMILES string of the molecule is C=CCc1cc(/C=c2/sc3n(c2=O)[C@H](c2ccccc2OC(C)C)C(C(=O)OCC)=C(C)N=3)cc(OC)c1O. The fourth-order valence-corrected chi connectivity index (χ4v) is 5.59. The molecule has 0 spiro atoms. The van der Waals surface area contributed by atoms with Gasteiger partial charge in [-0.3, -0.25) is 9.36 Å². The maximum absolute atomic E-state index is 14.0. The van der Waals surface area contributed by atoms with Gasteiger partial charge in [0.25, 0.3) is 5.56 Å². The summed E-state index contributed by atoms with van der Waals surface area (Å²) in [7, 11) is 1.47. The number of fused-ring (bicyclic) bond motifs is 1. The molecule has 0 saturated carbocycles. The van der Waals surface area contributed by atoms with Gasteiger partial charge in [0.1, 0.15) is 11.8 Å². The molecular weight excluding hydrogens is 516 g/mol. The molecule has 0 radical (unpaired) electrons. The molecule has 0 fully saturated rings. The van der Waals surface area contributed by atoms with E-state index in [1.165, 1.54) is 23.0 Å².